The Labute approximate surface area is 211 Å². The van der Waals surface area contributed by atoms with Crippen molar-refractivity contribution in [3.8, 4) is 11.3 Å². The summed E-state index contributed by atoms with van der Waals surface area (Å²) < 4.78 is 27.6. The highest BCUT2D eigenvalue weighted by Crippen LogP contribution is 2.29. The minimum atomic E-state index is -2.49. The van der Waals surface area contributed by atoms with Gasteiger partial charge in [-0.05, 0) is 38.2 Å². The van der Waals surface area contributed by atoms with Crippen molar-refractivity contribution in [2.75, 3.05) is 43.4 Å². The van der Waals surface area contributed by atoms with E-state index in [-0.39, 0.29) is 0 Å². The number of rotatable bonds is 6. The molecule has 0 spiro atoms. The average Bonchev–Trinajstić information content (AvgIpc) is 3.45. The molecule has 0 unspecified atom stereocenters. The fraction of sp³-hybridized carbons (Fsp3) is 0.320. The number of nitrogens with zero attached hydrogens (tertiary/aromatic N) is 8. The number of alkyl halides is 2. The third-order valence-corrected chi connectivity index (χ3v) is 6.64. The number of hydrogen-bond acceptors (Lipinski definition) is 8. The Hall–Kier alpha value is -4.19. The maximum absolute atomic E-state index is 13.1. The maximum Gasteiger partial charge on any atom is 0.256 e. The number of likely N-dealkylation sites (N-methyl/N-ethyl adjacent to an activating group) is 1. The topological polar surface area (TPSA) is 104 Å². The Morgan fingerprint density at radius 2 is 1.84 bits per heavy atom. The summed E-state index contributed by atoms with van der Waals surface area (Å²) in [5.41, 5.74) is 3.84. The highest BCUT2D eigenvalue weighted by Gasteiger charge is 2.17. The standard InChI is InChI=1S/C25H26F2N10/c1-15-31-20-5-4-19(33-24(20)37(15)14-21(26)27)17-12-29-23-18(17)13-30-25(34-23)32-16-3-6-22(28-11-16)36-9-7-35(2)8-10-36/h3-6,11-13,21H,7-10,14H2,1-2H3,(H2,29,30,32,34). The van der Waals surface area contributed by atoms with Gasteiger partial charge in [0.2, 0.25) is 5.95 Å². The molecule has 12 heteroatoms. The number of imidazole rings is 1. The minimum absolute atomic E-state index is 0.427. The van der Waals surface area contributed by atoms with Gasteiger partial charge < -0.3 is 24.7 Å². The number of aromatic amines is 1. The minimum Gasteiger partial charge on any atom is -0.354 e. The van der Waals surface area contributed by atoms with E-state index >= 15 is 0 Å². The Morgan fingerprint density at radius 3 is 2.59 bits per heavy atom. The SMILES string of the molecule is Cc1nc2ccc(-c3c[nH]c4nc(Nc5ccc(N6CCN(C)CC6)nc5)ncc34)nc2n1CC(F)F. The van der Waals surface area contributed by atoms with Gasteiger partial charge >= 0.3 is 0 Å². The molecule has 5 aromatic rings. The smallest absolute Gasteiger partial charge is 0.256 e. The molecule has 5 aromatic heterocycles. The van der Waals surface area contributed by atoms with Crippen LogP contribution in [0.25, 0.3) is 33.5 Å². The predicted molar refractivity (Wildman–Crippen MR) is 138 cm³/mol. The lowest BCUT2D eigenvalue weighted by Gasteiger charge is -2.33. The van der Waals surface area contributed by atoms with Crippen LogP contribution in [-0.4, -0.2) is 79.0 Å². The van der Waals surface area contributed by atoms with Gasteiger partial charge in [0.05, 0.1) is 24.1 Å². The predicted octanol–water partition coefficient (Wildman–Crippen LogP) is 3.83. The summed E-state index contributed by atoms with van der Waals surface area (Å²) >= 11 is 0. The van der Waals surface area contributed by atoms with Gasteiger partial charge in [0.25, 0.3) is 6.43 Å². The van der Waals surface area contributed by atoms with Crippen molar-refractivity contribution in [1.29, 1.82) is 0 Å². The Morgan fingerprint density at radius 1 is 1.00 bits per heavy atom. The molecule has 0 atom stereocenters. The van der Waals surface area contributed by atoms with E-state index < -0.39 is 13.0 Å². The van der Waals surface area contributed by atoms with Crippen LogP contribution in [0.5, 0.6) is 0 Å². The molecular formula is C25H26F2N10. The Bertz CT molecular complexity index is 1550. The molecule has 2 N–H and O–H groups in total. The monoisotopic (exact) mass is 504 g/mol. The number of pyridine rings is 2. The zero-order valence-electron chi connectivity index (χ0n) is 20.5. The molecule has 0 aliphatic carbocycles. The summed E-state index contributed by atoms with van der Waals surface area (Å²) in [6.45, 7) is 5.22. The van der Waals surface area contributed by atoms with Crippen LogP contribution >= 0.6 is 0 Å². The molecule has 1 aliphatic heterocycles. The summed E-state index contributed by atoms with van der Waals surface area (Å²) in [6.07, 6.45) is 2.80. The van der Waals surface area contributed by atoms with Crippen molar-refractivity contribution in [1.82, 2.24) is 39.4 Å². The van der Waals surface area contributed by atoms with Crippen molar-refractivity contribution < 1.29 is 8.78 Å². The van der Waals surface area contributed by atoms with E-state index in [0.29, 0.717) is 34.3 Å². The van der Waals surface area contributed by atoms with Gasteiger partial charge in [0, 0.05) is 49.5 Å². The second-order valence-corrected chi connectivity index (χ2v) is 9.18. The van der Waals surface area contributed by atoms with Gasteiger partial charge in [-0.2, -0.15) is 4.98 Å². The quantitative estimate of drug-likeness (QED) is 0.360. The number of hydrogen-bond donors (Lipinski definition) is 2. The number of nitrogens with one attached hydrogen (secondary N) is 2. The third kappa shape index (κ3) is 4.55. The molecule has 6 heterocycles. The highest BCUT2D eigenvalue weighted by molar-refractivity contribution is 5.93. The Kier molecular flexibility index (Phi) is 5.87. The van der Waals surface area contributed by atoms with E-state index in [2.05, 4.69) is 52.1 Å². The van der Waals surface area contributed by atoms with E-state index in [1.807, 2.05) is 18.2 Å². The zero-order valence-corrected chi connectivity index (χ0v) is 20.5. The van der Waals surface area contributed by atoms with Crippen molar-refractivity contribution in [2.24, 2.45) is 0 Å². The van der Waals surface area contributed by atoms with Gasteiger partial charge in [-0.25, -0.2) is 28.7 Å². The van der Waals surface area contributed by atoms with Crippen LogP contribution in [-0.2, 0) is 6.54 Å². The molecule has 0 amide bonds. The third-order valence-electron chi connectivity index (χ3n) is 6.64. The number of H-pyrrole nitrogens is 1. The van der Waals surface area contributed by atoms with Gasteiger partial charge in [-0.3, -0.25) is 0 Å². The molecule has 0 saturated carbocycles. The van der Waals surface area contributed by atoms with Crippen molar-refractivity contribution in [3.05, 3.63) is 48.7 Å². The molecule has 37 heavy (non-hydrogen) atoms. The fourth-order valence-electron chi connectivity index (χ4n) is 4.61. The summed E-state index contributed by atoms with van der Waals surface area (Å²) in [4.78, 5) is 30.4. The lowest BCUT2D eigenvalue weighted by molar-refractivity contribution is 0.127. The van der Waals surface area contributed by atoms with Crippen LogP contribution in [0.1, 0.15) is 5.82 Å². The van der Waals surface area contributed by atoms with Crippen LogP contribution in [0.2, 0.25) is 0 Å². The maximum atomic E-state index is 13.1. The molecular weight excluding hydrogens is 478 g/mol. The van der Waals surface area contributed by atoms with E-state index in [1.54, 1.807) is 31.6 Å². The molecule has 6 rings (SSSR count). The molecule has 1 saturated heterocycles. The number of piperazine rings is 1. The number of anilines is 3. The summed E-state index contributed by atoms with van der Waals surface area (Å²) in [5.74, 6) is 1.90. The van der Waals surface area contributed by atoms with Gasteiger partial charge in [0.1, 0.15) is 22.8 Å². The Balaban J connectivity index is 1.23. The van der Waals surface area contributed by atoms with E-state index in [0.717, 1.165) is 48.6 Å². The summed E-state index contributed by atoms with van der Waals surface area (Å²) in [7, 11) is 2.13. The number of aryl methyl sites for hydroxylation is 1. The van der Waals surface area contributed by atoms with E-state index in [4.69, 9.17) is 0 Å². The summed E-state index contributed by atoms with van der Waals surface area (Å²) in [5, 5.41) is 3.98. The molecule has 1 aliphatic rings. The first-order valence-corrected chi connectivity index (χ1v) is 12.1. The number of fused-ring (bicyclic) bond motifs is 2. The van der Waals surface area contributed by atoms with E-state index in [9.17, 15) is 8.78 Å². The fourth-order valence-corrected chi connectivity index (χ4v) is 4.61. The molecule has 0 aromatic carbocycles. The van der Waals surface area contributed by atoms with Crippen molar-refractivity contribution in [3.63, 3.8) is 0 Å². The van der Waals surface area contributed by atoms with Crippen LogP contribution in [0.15, 0.2) is 42.9 Å². The first-order valence-electron chi connectivity index (χ1n) is 12.1. The van der Waals surface area contributed by atoms with Crippen LogP contribution in [0.3, 0.4) is 0 Å². The number of aromatic nitrogens is 7. The van der Waals surface area contributed by atoms with Crippen LogP contribution in [0.4, 0.5) is 26.2 Å². The van der Waals surface area contributed by atoms with Gasteiger partial charge in [-0.1, -0.05) is 0 Å². The first-order chi connectivity index (χ1) is 17.9. The largest absolute Gasteiger partial charge is 0.354 e. The average molecular weight is 505 g/mol. The molecule has 0 bridgehead atoms. The highest BCUT2D eigenvalue weighted by atomic mass is 19.3. The van der Waals surface area contributed by atoms with Crippen molar-refractivity contribution in [2.45, 2.75) is 19.9 Å². The second kappa shape index (κ2) is 9.36. The molecule has 190 valence electrons. The molecule has 0 radical (unpaired) electrons. The van der Waals surface area contributed by atoms with Crippen molar-refractivity contribution >= 4 is 39.7 Å². The van der Waals surface area contributed by atoms with Gasteiger partial charge in [-0.15, -0.1) is 0 Å². The molecule has 1 fully saturated rings. The second-order valence-electron chi connectivity index (χ2n) is 9.18. The number of halogens is 2. The normalized spacial score (nSPS) is 14.8. The lowest BCUT2D eigenvalue weighted by atomic mass is 10.1. The zero-order chi connectivity index (χ0) is 25.5. The molecule has 10 nitrogen and oxygen atoms in total. The first kappa shape index (κ1) is 23.2. The van der Waals surface area contributed by atoms with Gasteiger partial charge in [0.15, 0.2) is 5.65 Å². The lowest BCUT2D eigenvalue weighted by Crippen LogP contribution is -2.44. The van der Waals surface area contributed by atoms with Crippen LogP contribution < -0.4 is 10.2 Å². The van der Waals surface area contributed by atoms with E-state index in [1.165, 1.54) is 4.57 Å². The van der Waals surface area contributed by atoms with Crippen LogP contribution in [0, 0.1) is 6.92 Å². The summed E-state index contributed by atoms with van der Waals surface area (Å²) in [6, 6.07) is 7.59.